The Morgan fingerprint density at radius 2 is 1.79 bits per heavy atom. The first-order valence-corrected chi connectivity index (χ1v) is 10.6. The van der Waals surface area contributed by atoms with Gasteiger partial charge in [-0.1, -0.05) is 34.8 Å². The number of anilines is 1. The minimum atomic E-state index is -0.621. The predicted molar refractivity (Wildman–Crippen MR) is 119 cm³/mol. The molecule has 2 aromatic rings. The molecule has 6 nitrogen and oxygen atoms in total. The van der Waals surface area contributed by atoms with Gasteiger partial charge in [0.15, 0.2) is 5.75 Å². The van der Waals surface area contributed by atoms with Crippen LogP contribution in [0.4, 0.5) is 10.5 Å². The molecule has 0 saturated carbocycles. The highest BCUT2D eigenvalue weighted by Gasteiger charge is 2.36. The van der Waals surface area contributed by atoms with Gasteiger partial charge in [-0.05, 0) is 69.7 Å². The summed E-state index contributed by atoms with van der Waals surface area (Å²) in [6, 6.07) is 7.63. The zero-order valence-corrected chi connectivity index (χ0v) is 18.9. The number of benzene rings is 2. The monoisotopic (exact) mass is 534 g/mol. The number of thioether (sulfide) groups is 1. The highest BCUT2D eigenvalue weighted by molar-refractivity contribution is 9.10. The first-order valence-electron chi connectivity index (χ1n) is 7.84. The Morgan fingerprint density at radius 3 is 2.41 bits per heavy atom. The quantitative estimate of drug-likeness (QED) is 0.483. The van der Waals surface area contributed by atoms with E-state index in [1.54, 1.807) is 12.1 Å². The van der Waals surface area contributed by atoms with E-state index < -0.39 is 23.6 Å². The zero-order valence-electron chi connectivity index (χ0n) is 14.2. The van der Waals surface area contributed by atoms with E-state index >= 15 is 0 Å². The molecule has 3 rings (SSSR count). The SMILES string of the molecule is O=C(CN1C(=O)S/C(=C\c2cc(Cl)c(O)c(Cl)c2)C1=O)Nc1ccc(Br)c(Cl)c1. The molecule has 0 aromatic heterocycles. The van der Waals surface area contributed by atoms with Crippen LogP contribution in [0.1, 0.15) is 5.56 Å². The second kappa shape index (κ2) is 8.97. The number of carbonyl (C=O) groups excluding carboxylic acids is 3. The van der Waals surface area contributed by atoms with Crippen molar-refractivity contribution < 1.29 is 19.5 Å². The van der Waals surface area contributed by atoms with Crippen LogP contribution in [0.25, 0.3) is 6.08 Å². The van der Waals surface area contributed by atoms with Gasteiger partial charge in [-0.3, -0.25) is 19.3 Å². The average molecular weight is 537 g/mol. The van der Waals surface area contributed by atoms with Crippen LogP contribution in [0, 0.1) is 0 Å². The predicted octanol–water partition coefficient (Wildman–Crippen LogP) is 5.79. The van der Waals surface area contributed by atoms with E-state index in [4.69, 9.17) is 34.8 Å². The van der Waals surface area contributed by atoms with E-state index in [2.05, 4.69) is 21.2 Å². The highest BCUT2D eigenvalue weighted by atomic mass is 79.9. The Hall–Kier alpha value is -1.71. The second-order valence-corrected chi connectivity index (χ2v) is 8.85. The van der Waals surface area contributed by atoms with Crippen molar-refractivity contribution in [3.05, 3.63) is 60.3 Å². The molecule has 11 heteroatoms. The van der Waals surface area contributed by atoms with Crippen molar-refractivity contribution in [1.82, 2.24) is 4.90 Å². The van der Waals surface area contributed by atoms with Gasteiger partial charge >= 0.3 is 0 Å². The van der Waals surface area contributed by atoms with Gasteiger partial charge in [-0.2, -0.15) is 0 Å². The van der Waals surface area contributed by atoms with Gasteiger partial charge in [0.1, 0.15) is 6.54 Å². The van der Waals surface area contributed by atoms with Crippen molar-refractivity contribution in [2.75, 3.05) is 11.9 Å². The second-order valence-electron chi connectivity index (χ2n) is 5.78. The van der Waals surface area contributed by atoms with Crippen LogP contribution in [0.3, 0.4) is 0 Å². The molecule has 150 valence electrons. The number of rotatable bonds is 4. The lowest BCUT2D eigenvalue weighted by molar-refractivity contribution is -0.127. The smallest absolute Gasteiger partial charge is 0.294 e. The fraction of sp³-hybridized carbons (Fsp3) is 0.0556. The number of imide groups is 1. The lowest BCUT2D eigenvalue weighted by Crippen LogP contribution is -2.36. The topological polar surface area (TPSA) is 86.7 Å². The number of carbonyl (C=O) groups is 3. The maximum absolute atomic E-state index is 12.5. The lowest BCUT2D eigenvalue weighted by Gasteiger charge is -2.12. The summed E-state index contributed by atoms with van der Waals surface area (Å²) in [5.74, 6) is -1.45. The van der Waals surface area contributed by atoms with Crippen LogP contribution in [-0.2, 0) is 9.59 Å². The van der Waals surface area contributed by atoms with Crippen LogP contribution in [0.2, 0.25) is 15.1 Å². The first-order chi connectivity index (χ1) is 13.7. The standard InChI is InChI=1S/C18H10BrCl3N2O4S/c19-10-2-1-9(6-11(10)20)23-15(25)7-24-17(27)14(29-18(24)28)5-8-3-12(21)16(26)13(22)4-8/h1-6,26H,7H2,(H,23,25)/b14-5-. The fourth-order valence-electron chi connectivity index (χ4n) is 2.37. The van der Waals surface area contributed by atoms with E-state index in [1.807, 2.05) is 0 Å². The van der Waals surface area contributed by atoms with Gasteiger partial charge in [-0.15, -0.1) is 0 Å². The summed E-state index contributed by atoms with van der Waals surface area (Å²) in [6.07, 6.45) is 1.41. The van der Waals surface area contributed by atoms with Gasteiger partial charge in [0.05, 0.1) is 20.0 Å². The number of amides is 3. The summed E-state index contributed by atoms with van der Waals surface area (Å²) in [7, 11) is 0. The summed E-state index contributed by atoms with van der Waals surface area (Å²) in [4.78, 5) is 37.9. The summed E-state index contributed by atoms with van der Waals surface area (Å²) in [5.41, 5.74) is 0.858. The summed E-state index contributed by atoms with van der Waals surface area (Å²) >= 11 is 21.6. The minimum Gasteiger partial charge on any atom is -0.505 e. The summed E-state index contributed by atoms with van der Waals surface area (Å²) in [5, 5.41) is 12.0. The number of halogens is 4. The van der Waals surface area contributed by atoms with E-state index in [0.29, 0.717) is 32.5 Å². The largest absolute Gasteiger partial charge is 0.505 e. The van der Waals surface area contributed by atoms with Crippen molar-refractivity contribution in [3.63, 3.8) is 0 Å². The zero-order chi connectivity index (χ0) is 21.3. The molecule has 1 aliphatic heterocycles. The van der Waals surface area contributed by atoms with E-state index in [9.17, 15) is 19.5 Å². The molecule has 1 heterocycles. The molecule has 1 fully saturated rings. The average Bonchev–Trinajstić information content (AvgIpc) is 2.90. The maximum atomic E-state index is 12.5. The number of hydrogen-bond acceptors (Lipinski definition) is 5. The highest BCUT2D eigenvalue weighted by Crippen LogP contribution is 2.36. The van der Waals surface area contributed by atoms with Crippen molar-refractivity contribution in [2.24, 2.45) is 0 Å². The Bertz CT molecular complexity index is 1050. The van der Waals surface area contributed by atoms with Gasteiger partial charge in [0.25, 0.3) is 11.1 Å². The van der Waals surface area contributed by atoms with Crippen LogP contribution in [0.15, 0.2) is 39.7 Å². The van der Waals surface area contributed by atoms with Gasteiger partial charge < -0.3 is 10.4 Å². The molecule has 2 aromatic carbocycles. The van der Waals surface area contributed by atoms with Crippen molar-refractivity contribution in [2.45, 2.75) is 0 Å². The number of phenols is 1. The number of hydrogen-bond donors (Lipinski definition) is 2. The number of nitrogens with one attached hydrogen (secondary N) is 1. The lowest BCUT2D eigenvalue weighted by atomic mass is 10.2. The van der Waals surface area contributed by atoms with Crippen molar-refractivity contribution in [1.29, 1.82) is 0 Å². The molecule has 0 atom stereocenters. The van der Waals surface area contributed by atoms with Crippen LogP contribution >= 0.6 is 62.5 Å². The van der Waals surface area contributed by atoms with E-state index in [1.165, 1.54) is 24.3 Å². The molecule has 0 unspecified atom stereocenters. The van der Waals surface area contributed by atoms with Crippen LogP contribution < -0.4 is 5.32 Å². The normalized spacial score (nSPS) is 15.3. The van der Waals surface area contributed by atoms with Gasteiger partial charge in [0.2, 0.25) is 5.91 Å². The van der Waals surface area contributed by atoms with Gasteiger partial charge in [-0.25, -0.2) is 0 Å². The van der Waals surface area contributed by atoms with Crippen LogP contribution in [-0.4, -0.2) is 33.6 Å². The third-order valence-corrected chi connectivity index (χ3v) is 6.43. The minimum absolute atomic E-state index is 0.00974. The number of phenolic OH excluding ortho intramolecular Hbond substituents is 1. The molecule has 0 aliphatic carbocycles. The van der Waals surface area contributed by atoms with Crippen LogP contribution in [0.5, 0.6) is 5.75 Å². The molecular weight excluding hydrogens is 527 g/mol. The molecule has 29 heavy (non-hydrogen) atoms. The molecule has 3 amide bonds. The molecule has 1 aliphatic rings. The third-order valence-electron chi connectivity index (χ3n) is 3.72. The van der Waals surface area contributed by atoms with Gasteiger partial charge in [0, 0.05) is 10.2 Å². The van der Waals surface area contributed by atoms with E-state index in [-0.39, 0.29) is 20.7 Å². The molecule has 0 bridgehead atoms. The Kier molecular flexibility index (Phi) is 6.80. The van der Waals surface area contributed by atoms with E-state index in [0.717, 1.165) is 4.90 Å². The van der Waals surface area contributed by atoms with Crippen molar-refractivity contribution in [3.8, 4) is 5.75 Å². The maximum Gasteiger partial charge on any atom is 0.294 e. The number of nitrogens with zero attached hydrogens (tertiary/aromatic N) is 1. The Balaban J connectivity index is 1.73. The fourth-order valence-corrected chi connectivity index (χ4v) is 4.14. The Labute approximate surface area is 192 Å². The molecule has 2 N–H and O–H groups in total. The summed E-state index contributed by atoms with van der Waals surface area (Å²) in [6.45, 7) is -0.452. The number of aromatic hydroxyl groups is 1. The molecule has 1 saturated heterocycles. The molecule has 0 spiro atoms. The molecular formula is C18H10BrCl3N2O4S. The summed E-state index contributed by atoms with van der Waals surface area (Å²) < 4.78 is 0.669. The first kappa shape index (κ1) is 22.0. The van der Waals surface area contributed by atoms with Crippen molar-refractivity contribution >= 4 is 91.3 Å². The Morgan fingerprint density at radius 1 is 1.14 bits per heavy atom. The third kappa shape index (κ3) is 5.07. The molecule has 0 radical (unpaired) electrons.